The molecule has 0 aliphatic rings. The Labute approximate surface area is 121 Å². The van der Waals surface area contributed by atoms with Crippen LogP contribution in [0.1, 0.15) is 10.4 Å². The van der Waals surface area contributed by atoms with Gasteiger partial charge in [0.05, 0.1) is 16.9 Å². The topological polar surface area (TPSA) is 81.1 Å². The molecule has 0 aliphatic carbocycles. The minimum absolute atomic E-state index is 0.0357. The van der Waals surface area contributed by atoms with E-state index in [1.807, 2.05) is 0 Å². The zero-order valence-corrected chi connectivity index (χ0v) is 11.7. The Morgan fingerprint density at radius 3 is 2.35 bits per heavy atom. The Balaban J connectivity index is 2.43. The summed E-state index contributed by atoms with van der Waals surface area (Å²) in [6.07, 6.45) is 0. The number of halogens is 3. The molecule has 0 aromatic heterocycles. The Kier molecular flexibility index (Phi) is 3.89. The van der Waals surface area contributed by atoms with Crippen LogP contribution in [0.15, 0.2) is 34.8 Å². The fourth-order valence-corrected chi connectivity index (χ4v) is 1.97. The minimum Gasteiger partial charge on any atom is -0.398 e. The highest BCUT2D eigenvalue weighted by Gasteiger charge is 2.13. The normalized spacial score (nSPS) is 10.3. The summed E-state index contributed by atoms with van der Waals surface area (Å²) in [7, 11) is 0. The van der Waals surface area contributed by atoms with Crippen molar-refractivity contribution in [1.29, 1.82) is 0 Å². The van der Waals surface area contributed by atoms with E-state index in [4.69, 9.17) is 11.5 Å². The summed E-state index contributed by atoms with van der Waals surface area (Å²) in [5.74, 6) is -2.08. The smallest absolute Gasteiger partial charge is 0.250 e. The van der Waals surface area contributed by atoms with Gasteiger partial charge in [0.1, 0.15) is 11.6 Å². The van der Waals surface area contributed by atoms with Gasteiger partial charge in [0.25, 0.3) is 5.91 Å². The summed E-state index contributed by atoms with van der Waals surface area (Å²) in [6, 6.07) is 6.36. The average Bonchev–Trinajstić information content (AvgIpc) is 2.35. The third-order valence-corrected chi connectivity index (χ3v) is 3.10. The maximum atomic E-state index is 13.8. The lowest BCUT2D eigenvalue weighted by Crippen LogP contribution is -2.14. The van der Waals surface area contributed by atoms with Crippen molar-refractivity contribution in [3.05, 3.63) is 52.0 Å². The third-order valence-electron chi connectivity index (χ3n) is 2.61. The van der Waals surface area contributed by atoms with Crippen LogP contribution in [0.3, 0.4) is 0 Å². The highest BCUT2D eigenvalue weighted by atomic mass is 79.9. The van der Waals surface area contributed by atoms with E-state index in [0.29, 0.717) is 4.47 Å². The zero-order chi connectivity index (χ0) is 14.9. The van der Waals surface area contributed by atoms with Gasteiger partial charge in [-0.25, -0.2) is 8.78 Å². The molecule has 0 aliphatic heterocycles. The van der Waals surface area contributed by atoms with Gasteiger partial charge >= 0.3 is 0 Å². The van der Waals surface area contributed by atoms with E-state index in [-0.39, 0.29) is 22.6 Å². The van der Waals surface area contributed by atoms with Gasteiger partial charge < -0.3 is 16.8 Å². The van der Waals surface area contributed by atoms with Crippen LogP contribution in [0.4, 0.5) is 25.8 Å². The number of hydrogen-bond acceptors (Lipinski definition) is 3. The van der Waals surface area contributed by atoms with Crippen molar-refractivity contribution in [2.24, 2.45) is 5.73 Å². The lowest BCUT2D eigenvalue weighted by molar-refractivity contribution is 0.100. The van der Waals surface area contributed by atoms with Crippen molar-refractivity contribution >= 4 is 38.9 Å². The molecule has 7 heteroatoms. The number of rotatable bonds is 3. The monoisotopic (exact) mass is 341 g/mol. The summed E-state index contributed by atoms with van der Waals surface area (Å²) in [5.41, 5.74) is 10.5. The van der Waals surface area contributed by atoms with Crippen LogP contribution in [0, 0.1) is 11.6 Å². The van der Waals surface area contributed by atoms with Gasteiger partial charge in [0.15, 0.2) is 0 Å². The van der Waals surface area contributed by atoms with Crippen molar-refractivity contribution in [2.75, 3.05) is 11.1 Å². The van der Waals surface area contributed by atoms with Gasteiger partial charge in [-0.3, -0.25) is 4.79 Å². The number of nitrogen functional groups attached to an aromatic ring is 1. The number of carbonyl (C=O) groups excluding carboxylic acids is 1. The molecule has 2 aromatic rings. The molecule has 0 fully saturated rings. The SMILES string of the molecule is NC(=O)c1cc(Nc2ccc(Br)cc2F)c(F)cc1N. The molecular formula is C13H10BrF2N3O. The molecule has 104 valence electrons. The first-order valence-electron chi connectivity index (χ1n) is 5.49. The first kappa shape index (κ1) is 14.3. The lowest BCUT2D eigenvalue weighted by atomic mass is 10.1. The molecule has 0 atom stereocenters. The molecule has 2 rings (SSSR count). The predicted molar refractivity (Wildman–Crippen MR) is 76.7 cm³/mol. The van der Waals surface area contributed by atoms with Crippen LogP contribution in [0.25, 0.3) is 0 Å². The fraction of sp³-hybridized carbons (Fsp3) is 0. The number of carbonyl (C=O) groups is 1. The Bertz CT molecular complexity index is 692. The van der Waals surface area contributed by atoms with Crippen LogP contribution in [0.2, 0.25) is 0 Å². The summed E-state index contributed by atoms with van der Waals surface area (Å²) >= 11 is 3.12. The predicted octanol–water partition coefficient (Wildman–Crippen LogP) is 3.15. The fourth-order valence-electron chi connectivity index (χ4n) is 1.63. The van der Waals surface area contributed by atoms with Crippen LogP contribution in [-0.2, 0) is 0 Å². The largest absolute Gasteiger partial charge is 0.398 e. The molecule has 1 amide bonds. The van der Waals surface area contributed by atoms with E-state index in [1.54, 1.807) is 6.07 Å². The van der Waals surface area contributed by atoms with Gasteiger partial charge in [-0.05, 0) is 30.3 Å². The summed E-state index contributed by atoms with van der Waals surface area (Å²) < 4.78 is 28.0. The molecule has 0 heterocycles. The minimum atomic E-state index is -0.790. The molecule has 0 saturated carbocycles. The van der Waals surface area contributed by atoms with Crippen LogP contribution < -0.4 is 16.8 Å². The summed E-state index contributed by atoms with van der Waals surface area (Å²) in [6.45, 7) is 0. The standard InChI is InChI=1S/C13H10BrF2N3O/c14-6-1-2-11(8(15)3-6)19-12-4-7(13(18)20)10(17)5-9(12)16/h1-5,19H,17H2,(H2,18,20). The van der Waals surface area contributed by atoms with Crippen LogP contribution >= 0.6 is 15.9 Å². The van der Waals surface area contributed by atoms with Crippen molar-refractivity contribution in [2.45, 2.75) is 0 Å². The van der Waals surface area contributed by atoms with Crippen LogP contribution in [0.5, 0.6) is 0 Å². The van der Waals surface area contributed by atoms with E-state index in [9.17, 15) is 13.6 Å². The summed E-state index contributed by atoms with van der Waals surface area (Å²) in [5, 5.41) is 2.56. The van der Waals surface area contributed by atoms with E-state index >= 15 is 0 Å². The van der Waals surface area contributed by atoms with Gasteiger partial charge in [0, 0.05) is 10.2 Å². The molecule has 5 N–H and O–H groups in total. The second-order valence-electron chi connectivity index (χ2n) is 4.03. The zero-order valence-electron chi connectivity index (χ0n) is 10.1. The van der Waals surface area contributed by atoms with Crippen molar-refractivity contribution in [1.82, 2.24) is 0 Å². The van der Waals surface area contributed by atoms with Crippen molar-refractivity contribution in [3.8, 4) is 0 Å². The molecule has 0 unspecified atom stereocenters. The second kappa shape index (κ2) is 5.46. The van der Waals surface area contributed by atoms with Gasteiger partial charge in [-0.2, -0.15) is 0 Å². The number of benzene rings is 2. The number of primary amides is 1. The molecule has 0 saturated heterocycles. The molecule has 0 bridgehead atoms. The first-order valence-corrected chi connectivity index (χ1v) is 6.28. The van der Waals surface area contributed by atoms with Crippen LogP contribution in [-0.4, -0.2) is 5.91 Å². The number of nitrogens with one attached hydrogen (secondary N) is 1. The lowest BCUT2D eigenvalue weighted by Gasteiger charge is -2.11. The second-order valence-corrected chi connectivity index (χ2v) is 4.95. The van der Waals surface area contributed by atoms with Gasteiger partial charge in [-0.1, -0.05) is 15.9 Å². The van der Waals surface area contributed by atoms with E-state index < -0.39 is 17.5 Å². The highest BCUT2D eigenvalue weighted by molar-refractivity contribution is 9.10. The van der Waals surface area contributed by atoms with E-state index in [2.05, 4.69) is 21.2 Å². The van der Waals surface area contributed by atoms with E-state index in [0.717, 1.165) is 12.1 Å². The Morgan fingerprint density at radius 2 is 1.75 bits per heavy atom. The van der Waals surface area contributed by atoms with Crippen molar-refractivity contribution < 1.29 is 13.6 Å². The average molecular weight is 342 g/mol. The molecule has 20 heavy (non-hydrogen) atoms. The highest BCUT2D eigenvalue weighted by Crippen LogP contribution is 2.27. The number of amides is 1. The molecule has 0 spiro atoms. The first-order chi connectivity index (χ1) is 9.38. The van der Waals surface area contributed by atoms with Gasteiger partial charge in [0.2, 0.25) is 0 Å². The van der Waals surface area contributed by atoms with Crippen molar-refractivity contribution in [3.63, 3.8) is 0 Å². The summed E-state index contributed by atoms with van der Waals surface area (Å²) in [4.78, 5) is 11.2. The number of anilines is 3. The number of hydrogen-bond donors (Lipinski definition) is 3. The maximum Gasteiger partial charge on any atom is 0.250 e. The molecule has 2 aromatic carbocycles. The Hall–Kier alpha value is -2.15. The molecule has 4 nitrogen and oxygen atoms in total. The molecular weight excluding hydrogens is 332 g/mol. The maximum absolute atomic E-state index is 13.8. The van der Waals surface area contributed by atoms with E-state index in [1.165, 1.54) is 12.1 Å². The quantitative estimate of drug-likeness (QED) is 0.750. The molecule has 0 radical (unpaired) electrons. The number of nitrogens with two attached hydrogens (primary N) is 2. The third kappa shape index (κ3) is 2.88. The van der Waals surface area contributed by atoms with Gasteiger partial charge in [-0.15, -0.1) is 0 Å². The Morgan fingerprint density at radius 1 is 1.10 bits per heavy atom.